The first-order chi connectivity index (χ1) is 9.21. The predicted molar refractivity (Wildman–Crippen MR) is 70.0 cm³/mol. The molecule has 19 heavy (non-hydrogen) atoms. The molecule has 0 spiro atoms. The lowest BCUT2D eigenvalue weighted by molar-refractivity contribution is 0.385. The maximum atomic E-state index is 13.4. The number of hydrogen-bond acceptors (Lipinski definition) is 4. The molecule has 2 rings (SSSR count). The van der Waals surface area contributed by atoms with E-state index in [1.807, 2.05) is 17.7 Å². The van der Waals surface area contributed by atoms with Gasteiger partial charge in [0.1, 0.15) is 0 Å². The summed E-state index contributed by atoms with van der Waals surface area (Å²) >= 11 is 0. The van der Waals surface area contributed by atoms with Crippen molar-refractivity contribution in [3.8, 4) is 5.75 Å². The number of benzene rings is 1. The first-order valence-corrected chi connectivity index (χ1v) is 6.02. The summed E-state index contributed by atoms with van der Waals surface area (Å²) in [4.78, 5) is 0. The Morgan fingerprint density at radius 2 is 2.26 bits per heavy atom. The third-order valence-corrected chi connectivity index (χ3v) is 3.02. The van der Waals surface area contributed by atoms with Gasteiger partial charge in [0.05, 0.1) is 18.8 Å². The highest BCUT2D eigenvalue weighted by atomic mass is 19.1. The van der Waals surface area contributed by atoms with Gasteiger partial charge in [0.15, 0.2) is 11.6 Å². The van der Waals surface area contributed by atoms with Crippen molar-refractivity contribution in [1.29, 1.82) is 0 Å². The van der Waals surface area contributed by atoms with E-state index in [0.717, 1.165) is 17.8 Å². The zero-order valence-corrected chi connectivity index (χ0v) is 10.9. The molecule has 6 heteroatoms. The maximum Gasteiger partial charge on any atom is 0.165 e. The monoisotopic (exact) mass is 264 g/mol. The average Bonchev–Trinajstić information content (AvgIpc) is 2.89. The van der Waals surface area contributed by atoms with E-state index >= 15 is 0 Å². The fraction of sp³-hybridized carbons (Fsp3) is 0.308. The van der Waals surface area contributed by atoms with Crippen LogP contribution in [0.5, 0.6) is 5.75 Å². The van der Waals surface area contributed by atoms with Gasteiger partial charge in [0.25, 0.3) is 0 Å². The van der Waals surface area contributed by atoms with Crippen LogP contribution in [0.15, 0.2) is 30.5 Å². The van der Waals surface area contributed by atoms with Crippen LogP contribution in [0.4, 0.5) is 4.39 Å². The fourth-order valence-corrected chi connectivity index (χ4v) is 2.06. The second kappa shape index (κ2) is 5.81. The van der Waals surface area contributed by atoms with E-state index in [-0.39, 0.29) is 11.8 Å². The topological polar surface area (TPSA) is 65.1 Å². The van der Waals surface area contributed by atoms with Gasteiger partial charge in [-0.1, -0.05) is 6.07 Å². The summed E-state index contributed by atoms with van der Waals surface area (Å²) in [6.07, 6.45) is 1.71. The first-order valence-electron chi connectivity index (χ1n) is 6.02. The molecular formula is C13H17FN4O. The third kappa shape index (κ3) is 2.59. The van der Waals surface area contributed by atoms with Gasteiger partial charge in [-0.15, -0.1) is 0 Å². The van der Waals surface area contributed by atoms with Crippen molar-refractivity contribution in [2.45, 2.75) is 19.5 Å². The van der Waals surface area contributed by atoms with Crippen LogP contribution in [0.1, 0.15) is 24.2 Å². The summed E-state index contributed by atoms with van der Waals surface area (Å²) in [5.41, 5.74) is 4.46. The molecule has 0 radical (unpaired) electrons. The Bertz CT molecular complexity index is 555. The van der Waals surface area contributed by atoms with Crippen LogP contribution >= 0.6 is 0 Å². The summed E-state index contributed by atoms with van der Waals surface area (Å²) in [5.74, 6) is 5.42. The molecule has 3 N–H and O–H groups in total. The number of ether oxygens (including phenoxy) is 1. The Kier molecular flexibility index (Phi) is 4.13. The van der Waals surface area contributed by atoms with Crippen molar-refractivity contribution >= 4 is 0 Å². The van der Waals surface area contributed by atoms with Gasteiger partial charge in [0.2, 0.25) is 0 Å². The number of rotatable bonds is 5. The van der Waals surface area contributed by atoms with Gasteiger partial charge >= 0.3 is 0 Å². The molecule has 0 saturated carbocycles. The maximum absolute atomic E-state index is 13.4. The van der Waals surface area contributed by atoms with Crippen LogP contribution in [-0.4, -0.2) is 16.9 Å². The zero-order valence-electron chi connectivity index (χ0n) is 10.9. The third-order valence-electron chi connectivity index (χ3n) is 3.02. The number of hydrogen-bond donors (Lipinski definition) is 2. The van der Waals surface area contributed by atoms with Gasteiger partial charge in [-0.05, 0) is 30.7 Å². The summed E-state index contributed by atoms with van der Waals surface area (Å²) in [6, 6.07) is 6.29. The second-order valence-corrected chi connectivity index (χ2v) is 4.07. The Hall–Kier alpha value is -1.92. The second-order valence-electron chi connectivity index (χ2n) is 4.07. The van der Waals surface area contributed by atoms with Crippen LogP contribution in [-0.2, 0) is 6.54 Å². The number of nitrogens with one attached hydrogen (secondary N) is 1. The van der Waals surface area contributed by atoms with Crippen LogP contribution in [0, 0.1) is 5.82 Å². The molecule has 2 aromatic rings. The van der Waals surface area contributed by atoms with E-state index in [1.165, 1.54) is 13.2 Å². The Morgan fingerprint density at radius 3 is 2.89 bits per heavy atom. The molecule has 0 saturated heterocycles. The lowest BCUT2D eigenvalue weighted by Gasteiger charge is -2.18. The van der Waals surface area contributed by atoms with Crippen LogP contribution in [0.3, 0.4) is 0 Å². The molecule has 0 bridgehead atoms. The van der Waals surface area contributed by atoms with Gasteiger partial charge in [0, 0.05) is 12.7 Å². The molecule has 5 nitrogen and oxygen atoms in total. The number of nitrogens with two attached hydrogens (primary N) is 1. The summed E-state index contributed by atoms with van der Waals surface area (Å²) < 4.78 is 20.3. The summed E-state index contributed by atoms with van der Waals surface area (Å²) in [6.45, 7) is 2.73. The molecule has 1 heterocycles. The average molecular weight is 264 g/mol. The van der Waals surface area contributed by atoms with Crippen molar-refractivity contribution in [3.05, 3.63) is 47.5 Å². The quantitative estimate of drug-likeness (QED) is 0.636. The molecule has 1 aromatic carbocycles. The molecule has 0 amide bonds. The normalized spacial score (nSPS) is 12.4. The number of methoxy groups -OCH3 is 1. The Morgan fingerprint density at radius 1 is 1.47 bits per heavy atom. The molecular weight excluding hydrogens is 247 g/mol. The Balaban J connectivity index is 2.42. The molecule has 1 atom stereocenters. The molecule has 1 aromatic heterocycles. The Labute approximate surface area is 111 Å². The van der Waals surface area contributed by atoms with Crippen molar-refractivity contribution in [3.63, 3.8) is 0 Å². The minimum absolute atomic E-state index is 0.195. The van der Waals surface area contributed by atoms with E-state index in [9.17, 15) is 4.39 Å². The molecule has 1 unspecified atom stereocenters. The van der Waals surface area contributed by atoms with Crippen LogP contribution in [0.2, 0.25) is 0 Å². The lowest BCUT2D eigenvalue weighted by atomic mass is 10.0. The first kappa shape index (κ1) is 13.5. The number of aromatic nitrogens is 2. The fourth-order valence-electron chi connectivity index (χ4n) is 2.06. The smallest absolute Gasteiger partial charge is 0.165 e. The highest BCUT2D eigenvalue weighted by Gasteiger charge is 2.18. The van der Waals surface area contributed by atoms with Gasteiger partial charge in [-0.25, -0.2) is 9.82 Å². The van der Waals surface area contributed by atoms with Crippen LogP contribution in [0.25, 0.3) is 0 Å². The number of halogens is 1. The minimum atomic E-state index is -0.397. The lowest BCUT2D eigenvalue weighted by Crippen LogP contribution is -2.30. The molecule has 102 valence electrons. The van der Waals surface area contributed by atoms with E-state index in [0.29, 0.717) is 0 Å². The van der Waals surface area contributed by atoms with E-state index < -0.39 is 5.82 Å². The number of hydrazine groups is 1. The molecule has 0 aliphatic carbocycles. The predicted octanol–water partition coefficient (Wildman–Crippen LogP) is 1.60. The van der Waals surface area contributed by atoms with Gasteiger partial charge < -0.3 is 4.74 Å². The van der Waals surface area contributed by atoms with Crippen molar-refractivity contribution in [2.75, 3.05) is 7.11 Å². The molecule has 0 aliphatic heterocycles. The molecule has 0 fully saturated rings. The zero-order chi connectivity index (χ0) is 13.8. The van der Waals surface area contributed by atoms with Crippen LogP contribution < -0.4 is 16.0 Å². The van der Waals surface area contributed by atoms with Gasteiger partial charge in [-0.3, -0.25) is 10.5 Å². The highest BCUT2D eigenvalue weighted by Crippen LogP contribution is 2.26. The van der Waals surface area contributed by atoms with Crippen molar-refractivity contribution in [1.82, 2.24) is 15.2 Å². The molecule has 0 aliphatic rings. The van der Waals surface area contributed by atoms with E-state index in [1.54, 1.807) is 18.3 Å². The largest absolute Gasteiger partial charge is 0.494 e. The SMILES string of the molecule is CCn1nccc1C(NN)c1ccc(F)c(OC)c1. The minimum Gasteiger partial charge on any atom is -0.494 e. The highest BCUT2D eigenvalue weighted by molar-refractivity contribution is 5.35. The number of aryl methyl sites for hydroxylation is 1. The van der Waals surface area contributed by atoms with Gasteiger partial charge in [-0.2, -0.15) is 5.10 Å². The summed E-state index contributed by atoms with van der Waals surface area (Å²) in [5, 5.41) is 4.20. The van der Waals surface area contributed by atoms with E-state index in [4.69, 9.17) is 10.6 Å². The standard InChI is InChI=1S/C13H17FN4O/c1-3-18-11(6-7-16-18)13(17-15)9-4-5-10(14)12(8-9)19-2/h4-8,13,17H,3,15H2,1-2H3. The van der Waals surface area contributed by atoms with Crippen molar-refractivity contribution in [2.24, 2.45) is 5.84 Å². The number of nitrogens with zero attached hydrogens (tertiary/aromatic N) is 2. The summed E-state index contributed by atoms with van der Waals surface area (Å²) in [7, 11) is 1.43. The van der Waals surface area contributed by atoms with E-state index in [2.05, 4.69) is 10.5 Å². The van der Waals surface area contributed by atoms with Crippen molar-refractivity contribution < 1.29 is 9.13 Å².